The monoisotopic (exact) mass is 259 g/mol. The second kappa shape index (κ2) is 5.93. The number of furan rings is 1. The first-order valence-corrected chi connectivity index (χ1v) is 6.53. The van der Waals surface area contributed by atoms with E-state index in [1.807, 2.05) is 19.2 Å². The summed E-state index contributed by atoms with van der Waals surface area (Å²) in [5.74, 6) is 2.71. The third-order valence-corrected chi connectivity index (χ3v) is 3.20. The molecule has 1 heterocycles. The third-order valence-electron chi connectivity index (χ3n) is 3.20. The van der Waals surface area contributed by atoms with E-state index < -0.39 is 0 Å². The predicted molar refractivity (Wildman–Crippen MR) is 76.5 cm³/mol. The van der Waals surface area contributed by atoms with Gasteiger partial charge in [-0.15, -0.1) is 0 Å². The Morgan fingerprint density at radius 2 is 1.84 bits per heavy atom. The van der Waals surface area contributed by atoms with E-state index in [4.69, 9.17) is 9.15 Å². The van der Waals surface area contributed by atoms with E-state index in [2.05, 4.69) is 38.2 Å². The Kier molecular flexibility index (Phi) is 4.27. The van der Waals surface area contributed by atoms with Gasteiger partial charge in [-0.3, -0.25) is 0 Å². The van der Waals surface area contributed by atoms with Crippen molar-refractivity contribution in [2.75, 3.05) is 7.05 Å². The van der Waals surface area contributed by atoms with E-state index in [1.165, 1.54) is 16.7 Å². The molecule has 2 aromatic rings. The molecule has 1 N–H and O–H groups in total. The van der Waals surface area contributed by atoms with E-state index in [1.54, 1.807) is 0 Å². The topological polar surface area (TPSA) is 34.4 Å². The fraction of sp³-hybridized carbons (Fsp3) is 0.375. The summed E-state index contributed by atoms with van der Waals surface area (Å²) in [5, 5.41) is 3.06. The minimum atomic E-state index is 0.466. The smallest absolute Gasteiger partial charge is 0.146 e. The Morgan fingerprint density at radius 1 is 1.11 bits per heavy atom. The summed E-state index contributed by atoms with van der Waals surface area (Å²) in [5.41, 5.74) is 3.66. The zero-order chi connectivity index (χ0) is 13.8. The second-order valence-corrected chi connectivity index (χ2v) is 4.89. The van der Waals surface area contributed by atoms with Crippen molar-refractivity contribution in [3.05, 3.63) is 52.5 Å². The lowest BCUT2D eigenvalue weighted by atomic mass is 10.1. The molecule has 2 rings (SSSR count). The summed E-state index contributed by atoms with van der Waals surface area (Å²) >= 11 is 0. The van der Waals surface area contributed by atoms with Crippen molar-refractivity contribution >= 4 is 0 Å². The number of hydrogen-bond acceptors (Lipinski definition) is 3. The van der Waals surface area contributed by atoms with Gasteiger partial charge in [0.25, 0.3) is 0 Å². The molecule has 1 aromatic carbocycles. The van der Waals surface area contributed by atoms with Crippen LogP contribution in [0.4, 0.5) is 0 Å². The molecule has 0 aliphatic rings. The summed E-state index contributed by atoms with van der Waals surface area (Å²) in [7, 11) is 1.90. The van der Waals surface area contributed by atoms with E-state index in [0.717, 1.165) is 23.8 Å². The average molecular weight is 259 g/mol. The van der Waals surface area contributed by atoms with Crippen LogP contribution in [0.15, 0.2) is 28.7 Å². The SMILES string of the molecule is CNCc1ccc(COc2cc(C)cc(C)c2C)o1. The molecule has 0 aliphatic heterocycles. The lowest BCUT2D eigenvalue weighted by Crippen LogP contribution is -2.03. The van der Waals surface area contributed by atoms with Crippen LogP contribution in [0, 0.1) is 20.8 Å². The maximum Gasteiger partial charge on any atom is 0.146 e. The molecule has 0 bridgehead atoms. The zero-order valence-corrected chi connectivity index (χ0v) is 12.0. The predicted octanol–water partition coefficient (Wildman–Crippen LogP) is 3.50. The molecule has 102 valence electrons. The Bertz CT molecular complexity index is 558. The third kappa shape index (κ3) is 3.38. The molecule has 0 fully saturated rings. The molecule has 0 radical (unpaired) electrons. The minimum Gasteiger partial charge on any atom is -0.485 e. The van der Waals surface area contributed by atoms with E-state index >= 15 is 0 Å². The van der Waals surface area contributed by atoms with Crippen LogP contribution < -0.4 is 10.1 Å². The second-order valence-electron chi connectivity index (χ2n) is 4.89. The van der Waals surface area contributed by atoms with E-state index in [9.17, 15) is 0 Å². The Hall–Kier alpha value is -1.74. The molecule has 3 nitrogen and oxygen atoms in total. The van der Waals surface area contributed by atoms with Gasteiger partial charge in [-0.2, -0.15) is 0 Å². The van der Waals surface area contributed by atoms with Gasteiger partial charge in [0.1, 0.15) is 23.9 Å². The van der Waals surface area contributed by atoms with Crippen LogP contribution in [0.25, 0.3) is 0 Å². The highest BCUT2D eigenvalue weighted by atomic mass is 16.5. The first kappa shape index (κ1) is 13.7. The Labute approximate surface area is 114 Å². The molecule has 0 atom stereocenters. The van der Waals surface area contributed by atoms with Crippen LogP contribution >= 0.6 is 0 Å². The summed E-state index contributed by atoms with van der Waals surface area (Å²) in [4.78, 5) is 0. The van der Waals surface area contributed by atoms with Crippen LogP contribution in [0.1, 0.15) is 28.2 Å². The van der Waals surface area contributed by atoms with Crippen molar-refractivity contribution in [3.8, 4) is 5.75 Å². The number of benzene rings is 1. The minimum absolute atomic E-state index is 0.466. The fourth-order valence-corrected chi connectivity index (χ4v) is 2.07. The highest BCUT2D eigenvalue weighted by molar-refractivity contribution is 5.41. The first-order chi connectivity index (χ1) is 9.10. The number of hydrogen-bond donors (Lipinski definition) is 1. The molecule has 1 aromatic heterocycles. The Morgan fingerprint density at radius 3 is 2.58 bits per heavy atom. The highest BCUT2D eigenvalue weighted by Gasteiger charge is 2.06. The molecule has 0 unspecified atom stereocenters. The van der Waals surface area contributed by atoms with Gasteiger partial charge in [-0.1, -0.05) is 6.07 Å². The molecular formula is C16H21NO2. The van der Waals surface area contributed by atoms with Crippen LogP contribution in [-0.4, -0.2) is 7.05 Å². The fourth-order valence-electron chi connectivity index (χ4n) is 2.07. The van der Waals surface area contributed by atoms with Crippen molar-refractivity contribution in [1.82, 2.24) is 5.32 Å². The van der Waals surface area contributed by atoms with Gasteiger partial charge in [0, 0.05) is 0 Å². The average Bonchev–Trinajstić information content (AvgIpc) is 2.80. The Balaban J connectivity index is 2.05. The number of ether oxygens (including phenoxy) is 1. The van der Waals surface area contributed by atoms with Gasteiger partial charge in [-0.05, 0) is 62.7 Å². The quantitative estimate of drug-likeness (QED) is 0.892. The largest absolute Gasteiger partial charge is 0.485 e. The standard InChI is InChI=1S/C16H21NO2/c1-11-7-12(2)13(3)16(8-11)18-10-15-6-5-14(19-15)9-17-4/h5-8,17H,9-10H2,1-4H3. The maximum absolute atomic E-state index is 5.86. The van der Waals surface area contributed by atoms with E-state index in [0.29, 0.717) is 6.61 Å². The maximum atomic E-state index is 5.86. The van der Waals surface area contributed by atoms with Gasteiger partial charge in [0.05, 0.1) is 6.54 Å². The van der Waals surface area contributed by atoms with E-state index in [-0.39, 0.29) is 0 Å². The van der Waals surface area contributed by atoms with Gasteiger partial charge in [-0.25, -0.2) is 0 Å². The highest BCUT2D eigenvalue weighted by Crippen LogP contribution is 2.24. The van der Waals surface area contributed by atoms with Crippen molar-refractivity contribution < 1.29 is 9.15 Å². The summed E-state index contributed by atoms with van der Waals surface area (Å²) < 4.78 is 11.5. The number of aryl methyl sites for hydroxylation is 2. The molecule has 19 heavy (non-hydrogen) atoms. The van der Waals surface area contributed by atoms with Gasteiger partial charge >= 0.3 is 0 Å². The summed E-state index contributed by atoms with van der Waals surface area (Å²) in [6.45, 7) is 7.47. The van der Waals surface area contributed by atoms with Crippen LogP contribution in [0.5, 0.6) is 5.75 Å². The summed E-state index contributed by atoms with van der Waals surface area (Å²) in [6.07, 6.45) is 0. The lowest BCUT2D eigenvalue weighted by molar-refractivity contribution is 0.263. The first-order valence-electron chi connectivity index (χ1n) is 6.53. The lowest BCUT2D eigenvalue weighted by Gasteiger charge is -2.11. The molecule has 0 aliphatic carbocycles. The normalized spacial score (nSPS) is 10.7. The van der Waals surface area contributed by atoms with Crippen molar-refractivity contribution in [2.45, 2.75) is 33.9 Å². The zero-order valence-electron chi connectivity index (χ0n) is 12.0. The summed E-state index contributed by atoms with van der Waals surface area (Å²) in [6, 6.07) is 8.17. The van der Waals surface area contributed by atoms with Crippen LogP contribution in [-0.2, 0) is 13.2 Å². The van der Waals surface area contributed by atoms with Crippen LogP contribution in [0.2, 0.25) is 0 Å². The number of rotatable bonds is 5. The van der Waals surface area contributed by atoms with Gasteiger partial charge < -0.3 is 14.5 Å². The van der Waals surface area contributed by atoms with Crippen LogP contribution in [0.3, 0.4) is 0 Å². The van der Waals surface area contributed by atoms with Gasteiger partial charge in [0.15, 0.2) is 0 Å². The van der Waals surface area contributed by atoms with Gasteiger partial charge in [0.2, 0.25) is 0 Å². The van der Waals surface area contributed by atoms with Crippen molar-refractivity contribution in [1.29, 1.82) is 0 Å². The molecular weight excluding hydrogens is 238 g/mol. The molecule has 3 heteroatoms. The molecule has 0 spiro atoms. The van der Waals surface area contributed by atoms with Crippen molar-refractivity contribution in [3.63, 3.8) is 0 Å². The van der Waals surface area contributed by atoms with Crippen molar-refractivity contribution in [2.24, 2.45) is 0 Å². The molecule has 0 saturated carbocycles. The molecule has 0 amide bonds. The number of nitrogens with one attached hydrogen (secondary N) is 1. The molecule has 0 saturated heterocycles.